The number of carbonyl (C=O) groups excluding carboxylic acids is 1. The van der Waals surface area contributed by atoms with E-state index in [2.05, 4.69) is 5.32 Å². The molecule has 0 radical (unpaired) electrons. The van der Waals surface area contributed by atoms with Crippen molar-refractivity contribution in [2.75, 3.05) is 6.54 Å². The first-order valence-electron chi connectivity index (χ1n) is 4.31. The van der Waals surface area contributed by atoms with Gasteiger partial charge in [-0.2, -0.15) is 0 Å². The van der Waals surface area contributed by atoms with Gasteiger partial charge in [0.15, 0.2) is 0 Å². The Morgan fingerprint density at radius 3 is 2.83 bits per heavy atom. The lowest BCUT2D eigenvalue weighted by Crippen LogP contribution is -2.35. The van der Waals surface area contributed by atoms with Gasteiger partial charge in [0.2, 0.25) is 0 Å². The predicted octanol–water partition coefficient (Wildman–Crippen LogP) is 0.646. The summed E-state index contributed by atoms with van der Waals surface area (Å²) in [6.45, 7) is 1.87. The van der Waals surface area contributed by atoms with E-state index in [0.29, 0.717) is 0 Å². The maximum Gasteiger partial charge on any atom is 0.407 e. The van der Waals surface area contributed by atoms with Gasteiger partial charge >= 0.3 is 6.09 Å². The number of amides is 1. The molecule has 12 heavy (non-hydrogen) atoms. The zero-order chi connectivity index (χ0) is 8.97. The van der Waals surface area contributed by atoms with Gasteiger partial charge in [-0.1, -0.05) is 0 Å². The topological polar surface area (TPSA) is 58.6 Å². The second kappa shape index (κ2) is 4.30. The van der Waals surface area contributed by atoms with E-state index in [1.807, 2.05) is 0 Å². The third-order valence-corrected chi connectivity index (χ3v) is 1.87. The summed E-state index contributed by atoms with van der Waals surface area (Å²) in [5.41, 5.74) is 0. The third kappa shape index (κ3) is 3.09. The summed E-state index contributed by atoms with van der Waals surface area (Å²) >= 11 is 0. The Labute approximate surface area is 71.9 Å². The van der Waals surface area contributed by atoms with E-state index < -0.39 is 12.2 Å². The Bertz CT molecular complexity index is 154. The number of ether oxygens (including phenoxy) is 1. The molecule has 1 unspecified atom stereocenters. The Morgan fingerprint density at radius 2 is 2.42 bits per heavy atom. The van der Waals surface area contributed by atoms with Gasteiger partial charge in [-0.05, 0) is 26.2 Å². The second-order valence-corrected chi connectivity index (χ2v) is 3.19. The monoisotopic (exact) mass is 173 g/mol. The highest BCUT2D eigenvalue weighted by molar-refractivity contribution is 5.67. The summed E-state index contributed by atoms with van der Waals surface area (Å²) in [5.74, 6) is 0. The van der Waals surface area contributed by atoms with E-state index in [0.717, 1.165) is 19.3 Å². The average Bonchev–Trinajstić information content (AvgIpc) is 1.93. The number of rotatable bonds is 3. The molecule has 1 fully saturated rings. The van der Waals surface area contributed by atoms with Crippen LogP contribution in [0.1, 0.15) is 26.2 Å². The van der Waals surface area contributed by atoms with E-state index in [4.69, 9.17) is 9.84 Å². The number of hydrogen-bond donors (Lipinski definition) is 2. The van der Waals surface area contributed by atoms with Crippen LogP contribution in [0.25, 0.3) is 0 Å². The fourth-order valence-corrected chi connectivity index (χ4v) is 0.913. The molecule has 0 spiro atoms. The molecule has 1 rings (SSSR count). The second-order valence-electron chi connectivity index (χ2n) is 3.19. The van der Waals surface area contributed by atoms with Crippen LogP contribution in [0.3, 0.4) is 0 Å². The number of hydrogen-bond acceptors (Lipinski definition) is 3. The predicted molar refractivity (Wildman–Crippen MR) is 43.8 cm³/mol. The quantitative estimate of drug-likeness (QED) is 0.658. The van der Waals surface area contributed by atoms with Crippen molar-refractivity contribution in [2.45, 2.75) is 38.4 Å². The minimum Gasteiger partial charge on any atom is -0.446 e. The Balaban J connectivity index is 2.03. The van der Waals surface area contributed by atoms with Crippen molar-refractivity contribution in [1.82, 2.24) is 5.32 Å². The van der Waals surface area contributed by atoms with Gasteiger partial charge in [0.25, 0.3) is 0 Å². The van der Waals surface area contributed by atoms with Crippen LogP contribution < -0.4 is 5.32 Å². The van der Waals surface area contributed by atoms with E-state index in [-0.39, 0.29) is 12.6 Å². The zero-order valence-corrected chi connectivity index (χ0v) is 7.25. The molecule has 0 aromatic heterocycles. The van der Waals surface area contributed by atoms with Crippen molar-refractivity contribution in [3.05, 3.63) is 0 Å². The van der Waals surface area contributed by atoms with Crippen LogP contribution >= 0.6 is 0 Å². The van der Waals surface area contributed by atoms with Crippen molar-refractivity contribution >= 4 is 6.09 Å². The molecule has 0 aliphatic heterocycles. The molecule has 0 aromatic carbocycles. The molecule has 2 N–H and O–H groups in total. The minimum atomic E-state index is -0.515. The molecule has 0 heterocycles. The van der Waals surface area contributed by atoms with E-state index in [1.54, 1.807) is 6.92 Å². The van der Waals surface area contributed by atoms with Gasteiger partial charge in [0, 0.05) is 6.54 Å². The molecule has 0 bridgehead atoms. The fourth-order valence-electron chi connectivity index (χ4n) is 0.913. The Kier molecular flexibility index (Phi) is 3.34. The summed E-state index contributed by atoms with van der Waals surface area (Å²) in [5, 5.41) is 11.3. The lowest BCUT2D eigenvalue weighted by Gasteiger charge is -2.25. The van der Waals surface area contributed by atoms with Gasteiger partial charge in [0.05, 0.1) is 6.10 Å². The lowest BCUT2D eigenvalue weighted by atomic mass is 9.96. The van der Waals surface area contributed by atoms with Gasteiger partial charge in [-0.3, -0.25) is 0 Å². The summed E-state index contributed by atoms with van der Waals surface area (Å²) in [6, 6.07) is 0. The smallest absolute Gasteiger partial charge is 0.407 e. The number of aliphatic hydroxyl groups excluding tert-OH is 1. The average molecular weight is 173 g/mol. The number of nitrogens with one attached hydrogen (secondary N) is 1. The fraction of sp³-hybridized carbons (Fsp3) is 0.875. The molecule has 4 heteroatoms. The highest BCUT2D eigenvalue weighted by Crippen LogP contribution is 2.21. The van der Waals surface area contributed by atoms with E-state index in [1.165, 1.54) is 0 Å². The highest BCUT2D eigenvalue weighted by atomic mass is 16.6. The van der Waals surface area contributed by atoms with Crippen molar-refractivity contribution in [3.63, 3.8) is 0 Å². The molecular weight excluding hydrogens is 158 g/mol. The van der Waals surface area contributed by atoms with Crippen LogP contribution in [0, 0.1) is 0 Å². The first-order chi connectivity index (χ1) is 5.68. The number of aliphatic hydroxyl groups is 1. The molecule has 1 aliphatic carbocycles. The van der Waals surface area contributed by atoms with Crippen LogP contribution in [0.2, 0.25) is 0 Å². The molecule has 0 saturated heterocycles. The molecule has 1 amide bonds. The summed E-state index contributed by atoms with van der Waals surface area (Å²) in [4.78, 5) is 10.9. The summed E-state index contributed by atoms with van der Waals surface area (Å²) in [7, 11) is 0. The molecular formula is C8H15NO3. The SMILES string of the molecule is CC(O)CNC(=O)OC1CCC1. The first kappa shape index (κ1) is 9.32. The van der Waals surface area contributed by atoms with Crippen molar-refractivity contribution in [2.24, 2.45) is 0 Å². The summed E-state index contributed by atoms with van der Waals surface area (Å²) < 4.78 is 4.98. The maximum atomic E-state index is 10.9. The van der Waals surface area contributed by atoms with Crippen molar-refractivity contribution < 1.29 is 14.6 Å². The van der Waals surface area contributed by atoms with E-state index >= 15 is 0 Å². The maximum absolute atomic E-state index is 10.9. The minimum absolute atomic E-state index is 0.110. The Morgan fingerprint density at radius 1 is 1.75 bits per heavy atom. The van der Waals surface area contributed by atoms with Crippen LogP contribution in [0.5, 0.6) is 0 Å². The van der Waals surface area contributed by atoms with Crippen LogP contribution in [0.15, 0.2) is 0 Å². The standard InChI is InChI=1S/C8H15NO3/c1-6(10)5-9-8(11)12-7-3-2-4-7/h6-7,10H,2-5H2,1H3,(H,9,11). The first-order valence-corrected chi connectivity index (χ1v) is 4.31. The number of alkyl carbamates (subject to hydrolysis) is 1. The van der Waals surface area contributed by atoms with Gasteiger partial charge in [0.1, 0.15) is 6.10 Å². The van der Waals surface area contributed by atoms with Crippen LogP contribution in [-0.2, 0) is 4.74 Å². The van der Waals surface area contributed by atoms with E-state index in [9.17, 15) is 4.79 Å². The van der Waals surface area contributed by atoms with Crippen molar-refractivity contribution in [3.8, 4) is 0 Å². The zero-order valence-electron chi connectivity index (χ0n) is 7.25. The van der Waals surface area contributed by atoms with Crippen LogP contribution in [0.4, 0.5) is 4.79 Å². The van der Waals surface area contributed by atoms with Gasteiger partial charge in [-0.25, -0.2) is 4.79 Å². The Hall–Kier alpha value is -0.770. The van der Waals surface area contributed by atoms with Crippen molar-refractivity contribution in [1.29, 1.82) is 0 Å². The lowest BCUT2D eigenvalue weighted by molar-refractivity contribution is 0.0499. The van der Waals surface area contributed by atoms with Gasteiger partial charge in [-0.15, -0.1) is 0 Å². The normalized spacial score (nSPS) is 19.5. The third-order valence-electron chi connectivity index (χ3n) is 1.87. The summed E-state index contributed by atoms with van der Waals surface area (Å²) in [6.07, 6.45) is 2.27. The molecule has 1 aliphatic rings. The molecule has 1 saturated carbocycles. The molecule has 1 atom stereocenters. The molecule has 70 valence electrons. The molecule has 4 nitrogen and oxygen atoms in total. The largest absolute Gasteiger partial charge is 0.446 e. The highest BCUT2D eigenvalue weighted by Gasteiger charge is 2.21. The number of carbonyl (C=O) groups is 1. The van der Waals surface area contributed by atoms with Gasteiger partial charge < -0.3 is 15.2 Å². The molecule has 0 aromatic rings. The van der Waals surface area contributed by atoms with Crippen LogP contribution in [-0.4, -0.2) is 30.0 Å².